The van der Waals surface area contributed by atoms with E-state index in [1.54, 1.807) is 36.4 Å². The maximum Gasteiger partial charge on any atom is 0.261 e. The molecule has 6 heteroatoms. The molecule has 4 rings (SSSR count). The lowest BCUT2D eigenvalue weighted by atomic mass is 10.0. The van der Waals surface area contributed by atoms with E-state index in [9.17, 15) is 14.4 Å². The Morgan fingerprint density at radius 3 is 2.04 bits per heavy atom. The Labute approximate surface area is 162 Å². The lowest BCUT2D eigenvalue weighted by Crippen LogP contribution is -2.49. The number of imide groups is 1. The summed E-state index contributed by atoms with van der Waals surface area (Å²) in [6.07, 6.45) is 1.55. The molecule has 3 amide bonds. The SMILES string of the molecule is O=C(Cc1ccc(Cl)cc1)N1CCC(N2C(=O)c3ccccc3C2=O)CC1. The predicted molar refractivity (Wildman–Crippen MR) is 102 cm³/mol. The normalized spacial score (nSPS) is 17.4. The van der Waals surface area contributed by atoms with Gasteiger partial charge in [-0.05, 0) is 42.7 Å². The lowest BCUT2D eigenvalue weighted by Gasteiger charge is -2.35. The Balaban J connectivity index is 1.38. The van der Waals surface area contributed by atoms with Crippen LogP contribution in [0.3, 0.4) is 0 Å². The second-order valence-corrected chi connectivity index (χ2v) is 7.38. The Kier molecular flexibility index (Phi) is 4.70. The molecular weight excluding hydrogens is 364 g/mol. The number of benzene rings is 2. The van der Waals surface area contributed by atoms with Gasteiger partial charge < -0.3 is 4.90 Å². The number of piperidine rings is 1. The molecule has 0 saturated carbocycles. The van der Waals surface area contributed by atoms with Crippen LogP contribution in [0.25, 0.3) is 0 Å². The Bertz CT molecular complexity index is 867. The molecule has 2 aromatic rings. The quantitative estimate of drug-likeness (QED) is 0.766. The number of nitrogens with zero attached hydrogens (tertiary/aromatic N) is 2. The Morgan fingerprint density at radius 2 is 1.48 bits per heavy atom. The van der Waals surface area contributed by atoms with Crippen LogP contribution in [0.1, 0.15) is 39.1 Å². The van der Waals surface area contributed by atoms with Crippen molar-refractivity contribution in [2.75, 3.05) is 13.1 Å². The van der Waals surface area contributed by atoms with E-state index >= 15 is 0 Å². The minimum absolute atomic E-state index is 0.0538. The van der Waals surface area contributed by atoms with E-state index in [4.69, 9.17) is 11.6 Å². The molecule has 2 heterocycles. The third-order valence-electron chi connectivity index (χ3n) is 5.28. The van der Waals surface area contributed by atoms with Crippen LogP contribution in [-0.2, 0) is 11.2 Å². The average Bonchev–Trinajstić information content (AvgIpc) is 2.95. The van der Waals surface area contributed by atoms with Gasteiger partial charge in [0.25, 0.3) is 11.8 Å². The molecule has 2 aliphatic heterocycles. The molecule has 1 saturated heterocycles. The van der Waals surface area contributed by atoms with E-state index in [2.05, 4.69) is 0 Å². The molecule has 0 radical (unpaired) electrons. The number of likely N-dealkylation sites (tertiary alicyclic amines) is 1. The van der Waals surface area contributed by atoms with Crippen LogP contribution < -0.4 is 0 Å². The third-order valence-corrected chi connectivity index (χ3v) is 5.53. The number of carbonyl (C=O) groups excluding carboxylic acids is 3. The van der Waals surface area contributed by atoms with Crippen molar-refractivity contribution in [3.8, 4) is 0 Å². The van der Waals surface area contributed by atoms with Crippen LogP contribution in [0.2, 0.25) is 5.02 Å². The van der Waals surface area contributed by atoms with Crippen LogP contribution in [0.5, 0.6) is 0 Å². The number of rotatable bonds is 3. The molecule has 5 nitrogen and oxygen atoms in total. The first-order valence-electron chi connectivity index (χ1n) is 9.04. The second kappa shape index (κ2) is 7.16. The molecule has 0 atom stereocenters. The van der Waals surface area contributed by atoms with Crippen LogP contribution in [0.15, 0.2) is 48.5 Å². The molecule has 0 N–H and O–H groups in total. The maximum atomic E-state index is 12.6. The highest BCUT2D eigenvalue weighted by molar-refractivity contribution is 6.30. The van der Waals surface area contributed by atoms with Crippen molar-refractivity contribution in [3.05, 3.63) is 70.2 Å². The fourth-order valence-electron chi connectivity index (χ4n) is 3.80. The summed E-state index contributed by atoms with van der Waals surface area (Å²) in [5.41, 5.74) is 1.87. The van der Waals surface area contributed by atoms with Crippen molar-refractivity contribution < 1.29 is 14.4 Å². The smallest absolute Gasteiger partial charge is 0.261 e. The topological polar surface area (TPSA) is 57.7 Å². The molecule has 0 aromatic heterocycles. The monoisotopic (exact) mass is 382 g/mol. The highest BCUT2D eigenvalue weighted by Crippen LogP contribution is 2.28. The highest BCUT2D eigenvalue weighted by atomic mass is 35.5. The molecule has 27 heavy (non-hydrogen) atoms. The lowest BCUT2D eigenvalue weighted by molar-refractivity contribution is -0.131. The molecule has 0 spiro atoms. The zero-order valence-electron chi connectivity index (χ0n) is 14.7. The molecule has 0 bridgehead atoms. The fraction of sp³-hybridized carbons (Fsp3) is 0.286. The van der Waals surface area contributed by atoms with Gasteiger partial charge in [0.05, 0.1) is 17.5 Å². The van der Waals surface area contributed by atoms with Gasteiger partial charge in [-0.25, -0.2) is 0 Å². The first-order valence-corrected chi connectivity index (χ1v) is 9.41. The number of hydrogen-bond acceptors (Lipinski definition) is 3. The molecule has 0 aliphatic carbocycles. The van der Waals surface area contributed by atoms with Gasteiger partial charge in [0.2, 0.25) is 5.91 Å². The third kappa shape index (κ3) is 3.35. The molecule has 2 aromatic carbocycles. The van der Waals surface area contributed by atoms with Gasteiger partial charge in [-0.2, -0.15) is 0 Å². The summed E-state index contributed by atoms with van der Waals surface area (Å²) in [6.45, 7) is 1.09. The molecule has 0 unspecified atom stereocenters. The minimum atomic E-state index is -0.221. The van der Waals surface area contributed by atoms with Gasteiger partial charge in [0.15, 0.2) is 0 Å². The van der Waals surface area contributed by atoms with Gasteiger partial charge in [0.1, 0.15) is 0 Å². The first kappa shape index (κ1) is 17.7. The van der Waals surface area contributed by atoms with Crippen LogP contribution in [-0.4, -0.2) is 46.7 Å². The van der Waals surface area contributed by atoms with E-state index in [0.29, 0.717) is 48.5 Å². The molecule has 138 valence electrons. The zero-order valence-corrected chi connectivity index (χ0v) is 15.5. The van der Waals surface area contributed by atoms with Gasteiger partial charge in [-0.1, -0.05) is 35.9 Å². The van der Waals surface area contributed by atoms with Crippen LogP contribution in [0, 0.1) is 0 Å². The number of amides is 3. The van der Waals surface area contributed by atoms with Crippen molar-refractivity contribution in [2.45, 2.75) is 25.3 Å². The highest BCUT2D eigenvalue weighted by Gasteiger charge is 2.40. The number of carbonyl (C=O) groups is 3. The van der Waals surface area contributed by atoms with E-state index in [1.807, 2.05) is 17.0 Å². The Hall–Kier alpha value is -2.66. The van der Waals surface area contributed by atoms with Crippen molar-refractivity contribution >= 4 is 29.3 Å². The van der Waals surface area contributed by atoms with Gasteiger partial charge in [0, 0.05) is 24.2 Å². The van der Waals surface area contributed by atoms with Gasteiger partial charge in [-0.3, -0.25) is 19.3 Å². The maximum absolute atomic E-state index is 12.6. The van der Waals surface area contributed by atoms with E-state index in [0.717, 1.165) is 5.56 Å². The summed E-state index contributed by atoms with van der Waals surface area (Å²) in [7, 11) is 0. The Morgan fingerprint density at radius 1 is 0.926 bits per heavy atom. The van der Waals surface area contributed by atoms with Crippen molar-refractivity contribution in [3.63, 3.8) is 0 Å². The summed E-state index contributed by atoms with van der Waals surface area (Å²) in [5, 5.41) is 0.646. The average molecular weight is 383 g/mol. The molecule has 2 aliphatic rings. The summed E-state index contributed by atoms with van der Waals surface area (Å²) in [5.74, 6) is -0.388. The molecular formula is C21H19ClN2O3. The summed E-state index contributed by atoms with van der Waals surface area (Å²) >= 11 is 5.88. The largest absolute Gasteiger partial charge is 0.342 e. The van der Waals surface area contributed by atoms with E-state index in [1.165, 1.54) is 4.90 Å². The summed E-state index contributed by atoms with van der Waals surface area (Å²) in [6, 6.07) is 14.0. The van der Waals surface area contributed by atoms with Crippen molar-refractivity contribution in [1.82, 2.24) is 9.80 Å². The number of fused-ring (bicyclic) bond motifs is 1. The van der Waals surface area contributed by atoms with Crippen molar-refractivity contribution in [1.29, 1.82) is 0 Å². The van der Waals surface area contributed by atoms with Crippen LogP contribution >= 0.6 is 11.6 Å². The standard InChI is InChI=1S/C21H19ClN2O3/c22-15-7-5-14(6-8-15)13-19(25)23-11-9-16(10-12-23)24-20(26)17-3-1-2-4-18(17)21(24)27/h1-8,16H,9-13H2. The van der Waals surface area contributed by atoms with E-state index in [-0.39, 0.29) is 23.8 Å². The summed E-state index contributed by atoms with van der Waals surface area (Å²) < 4.78 is 0. The predicted octanol–water partition coefficient (Wildman–Crippen LogP) is 3.17. The second-order valence-electron chi connectivity index (χ2n) is 6.94. The number of halogens is 1. The first-order chi connectivity index (χ1) is 13.0. The summed E-state index contributed by atoms with van der Waals surface area (Å²) in [4.78, 5) is 40.9. The van der Waals surface area contributed by atoms with E-state index < -0.39 is 0 Å². The van der Waals surface area contributed by atoms with Gasteiger partial charge in [-0.15, -0.1) is 0 Å². The van der Waals surface area contributed by atoms with Crippen LogP contribution in [0.4, 0.5) is 0 Å². The number of hydrogen-bond donors (Lipinski definition) is 0. The molecule has 1 fully saturated rings. The zero-order chi connectivity index (χ0) is 19.0. The fourth-order valence-corrected chi connectivity index (χ4v) is 3.93. The van der Waals surface area contributed by atoms with Crippen molar-refractivity contribution in [2.24, 2.45) is 0 Å². The van der Waals surface area contributed by atoms with Gasteiger partial charge >= 0.3 is 0 Å². The minimum Gasteiger partial charge on any atom is -0.342 e.